The van der Waals surface area contributed by atoms with Crippen molar-refractivity contribution in [1.29, 1.82) is 0 Å². The molecule has 26 heavy (non-hydrogen) atoms. The van der Waals surface area contributed by atoms with E-state index >= 15 is 0 Å². The highest BCUT2D eigenvalue weighted by atomic mass is 16.4. The van der Waals surface area contributed by atoms with Gasteiger partial charge in [-0.05, 0) is 34.9 Å². The van der Waals surface area contributed by atoms with Crippen LogP contribution in [-0.4, -0.2) is 16.9 Å². The van der Waals surface area contributed by atoms with Crippen LogP contribution in [0, 0.1) is 0 Å². The molecule has 0 radical (unpaired) electrons. The van der Waals surface area contributed by atoms with Gasteiger partial charge in [0.15, 0.2) is 5.78 Å². The van der Waals surface area contributed by atoms with Gasteiger partial charge in [-0.25, -0.2) is 4.79 Å². The van der Waals surface area contributed by atoms with Crippen molar-refractivity contribution in [3.63, 3.8) is 0 Å². The summed E-state index contributed by atoms with van der Waals surface area (Å²) in [5.74, 6) is -1.36. The van der Waals surface area contributed by atoms with Crippen LogP contribution in [0.15, 0.2) is 91.0 Å². The molecule has 0 atom stereocenters. The van der Waals surface area contributed by atoms with Crippen molar-refractivity contribution >= 4 is 17.8 Å². The molecule has 0 fully saturated rings. The predicted octanol–water partition coefficient (Wildman–Crippen LogP) is 4.80. The Kier molecular flexibility index (Phi) is 5.40. The summed E-state index contributed by atoms with van der Waals surface area (Å²) in [6.07, 6.45) is 3.27. The largest absolute Gasteiger partial charge is 0.478 e. The topological polar surface area (TPSA) is 54.4 Å². The number of carboxylic acid groups (broad SMARTS) is 1. The van der Waals surface area contributed by atoms with E-state index in [2.05, 4.69) is 0 Å². The monoisotopic (exact) mass is 342 g/mol. The lowest BCUT2D eigenvalue weighted by atomic mass is 9.87. The molecule has 3 aromatic carbocycles. The Bertz CT molecular complexity index is 871. The van der Waals surface area contributed by atoms with E-state index in [9.17, 15) is 9.59 Å². The van der Waals surface area contributed by atoms with Crippen molar-refractivity contribution in [3.8, 4) is 0 Å². The molecule has 0 bridgehead atoms. The number of hydrogen-bond donors (Lipinski definition) is 1. The lowest BCUT2D eigenvalue weighted by molar-refractivity contribution is -0.115. The number of hydrogen-bond acceptors (Lipinski definition) is 2. The van der Waals surface area contributed by atoms with Crippen LogP contribution in [0.25, 0.3) is 6.08 Å². The minimum absolute atomic E-state index is 0.0234. The quantitative estimate of drug-likeness (QED) is 0.655. The average Bonchev–Trinajstić information content (AvgIpc) is 2.68. The molecule has 0 heterocycles. The predicted molar refractivity (Wildman–Crippen MR) is 102 cm³/mol. The molecule has 1 N–H and O–H groups in total. The van der Waals surface area contributed by atoms with Gasteiger partial charge in [0, 0.05) is 0 Å². The molecule has 3 aromatic rings. The van der Waals surface area contributed by atoms with Crippen LogP contribution in [0.5, 0.6) is 0 Å². The summed E-state index contributed by atoms with van der Waals surface area (Å²) in [5.41, 5.74) is 2.88. The first-order valence-electron chi connectivity index (χ1n) is 8.30. The first-order chi connectivity index (χ1) is 12.6. The molecule has 0 aliphatic rings. The second kappa shape index (κ2) is 8.08. The fraction of sp³-hybridized carbons (Fsp3) is 0.0435. The van der Waals surface area contributed by atoms with E-state index in [0.29, 0.717) is 0 Å². The van der Waals surface area contributed by atoms with Crippen molar-refractivity contribution < 1.29 is 14.7 Å². The number of carbonyl (C=O) groups is 2. The Hall–Kier alpha value is -3.46. The summed E-state index contributed by atoms with van der Waals surface area (Å²) in [6.45, 7) is 0. The van der Waals surface area contributed by atoms with Gasteiger partial charge in [-0.1, -0.05) is 78.9 Å². The summed E-state index contributed by atoms with van der Waals surface area (Å²) in [5, 5.41) is 8.95. The number of rotatable bonds is 6. The Morgan fingerprint density at radius 1 is 0.731 bits per heavy atom. The average molecular weight is 342 g/mol. The van der Waals surface area contributed by atoms with E-state index in [0.717, 1.165) is 16.7 Å². The molecule has 0 saturated heterocycles. The van der Waals surface area contributed by atoms with Gasteiger partial charge >= 0.3 is 5.97 Å². The van der Waals surface area contributed by atoms with Crippen LogP contribution in [0.3, 0.4) is 0 Å². The van der Waals surface area contributed by atoms with Gasteiger partial charge < -0.3 is 5.11 Å². The minimum Gasteiger partial charge on any atom is -0.478 e. The highest BCUT2D eigenvalue weighted by Gasteiger charge is 2.20. The molecule has 0 unspecified atom stereocenters. The Labute approximate surface area is 152 Å². The smallest absolute Gasteiger partial charge is 0.335 e. The zero-order valence-corrected chi connectivity index (χ0v) is 14.1. The number of carbonyl (C=O) groups excluding carboxylic acids is 1. The van der Waals surface area contributed by atoms with Gasteiger partial charge in [-0.15, -0.1) is 0 Å². The van der Waals surface area contributed by atoms with Crippen molar-refractivity contribution in [3.05, 3.63) is 113 Å². The highest BCUT2D eigenvalue weighted by molar-refractivity contribution is 6.00. The Morgan fingerprint density at radius 3 is 1.69 bits per heavy atom. The fourth-order valence-electron chi connectivity index (χ4n) is 2.82. The SMILES string of the molecule is O=C(O)c1ccc(/C=C/C(=O)C(c2ccccc2)c2ccccc2)cc1. The van der Waals surface area contributed by atoms with Gasteiger partial charge in [0.2, 0.25) is 0 Å². The maximum Gasteiger partial charge on any atom is 0.335 e. The molecule has 0 aliphatic carbocycles. The molecule has 3 rings (SSSR count). The lowest BCUT2D eigenvalue weighted by Crippen LogP contribution is -2.11. The van der Waals surface area contributed by atoms with Crippen LogP contribution < -0.4 is 0 Å². The van der Waals surface area contributed by atoms with Crippen molar-refractivity contribution in [2.24, 2.45) is 0 Å². The molecule has 3 nitrogen and oxygen atoms in total. The summed E-state index contributed by atoms with van der Waals surface area (Å²) in [6, 6.07) is 25.8. The molecule has 0 aromatic heterocycles. The van der Waals surface area contributed by atoms with Crippen LogP contribution in [0.4, 0.5) is 0 Å². The van der Waals surface area contributed by atoms with Crippen molar-refractivity contribution in [2.45, 2.75) is 5.92 Å². The first-order valence-corrected chi connectivity index (χ1v) is 8.30. The van der Waals surface area contributed by atoms with Crippen molar-refractivity contribution in [2.75, 3.05) is 0 Å². The molecule has 0 amide bonds. The van der Waals surface area contributed by atoms with Crippen LogP contribution >= 0.6 is 0 Å². The number of ketones is 1. The number of allylic oxidation sites excluding steroid dienone is 1. The van der Waals surface area contributed by atoms with Crippen LogP contribution in [0.1, 0.15) is 33.0 Å². The van der Waals surface area contributed by atoms with Gasteiger partial charge in [0.1, 0.15) is 0 Å². The Morgan fingerprint density at radius 2 is 1.23 bits per heavy atom. The van der Waals surface area contributed by atoms with E-state index in [1.165, 1.54) is 12.1 Å². The Balaban J connectivity index is 1.87. The third-order valence-electron chi connectivity index (χ3n) is 4.15. The van der Waals surface area contributed by atoms with E-state index in [4.69, 9.17) is 5.11 Å². The summed E-state index contributed by atoms with van der Waals surface area (Å²) in [4.78, 5) is 23.8. The van der Waals surface area contributed by atoms with Crippen molar-refractivity contribution in [1.82, 2.24) is 0 Å². The highest BCUT2D eigenvalue weighted by Crippen LogP contribution is 2.26. The van der Waals surface area contributed by atoms with Crippen LogP contribution in [-0.2, 0) is 4.79 Å². The number of carboxylic acids is 1. The van der Waals surface area contributed by atoms with E-state index < -0.39 is 5.97 Å². The maximum atomic E-state index is 12.9. The molecule has 3 heteroatoms. The number of benzene rings is 3. The maximum absolute atomic E-state index is 12.9. The minimum atomic E-state index is -0.968. The molecule has 0 saturated carbocycles. The molecule has 0 aliphatic heterocycles. The molecular formula is C23H18O3. The standard InChI is InChI=1S/C23H18O3/c24-21(16-13-17-11-14-20(15-12-17)23(25)26)22(18-7-3-1-4-8-18)19-9-5-2-6-10-19/h1-16,22H,(H,25,26)/b16-13+. The second-order valence-corrected chi connectivity index (χ2v) is 5.92. The van der Waals surface area contributed by atoms with E-state index in [-0.39, 0.29) is 17.3 Å². The zero-order valence-electron chi connectivity index (χ0n) is 14.1. The van der Waals surface area contributed by atoms with Gasteiger partial charge in [0.25, 0.3) is 0 Å². The van der Waals surface area contributed by atoms with E-state index in [1.807, 2.05) is 60.7 Å². The zero-order chi connectivity index (χ0) is 18.4. The first kappa shape index (κ1) is 17.4. The molecule has 0 spiro atoms. The van der Waals surface area contributed by atoms with E-state index in [1.54, 1.807) is 24.3 Å². The summed E-state index contributed by atoms with van der Waals surface area (Å²) in [7, 11) is 0. The third kappa shape index (κ3) is 4.14. The summed E-state index contributed by atoms with van der Waals surface area (Å²) >= 11 is 0. The fourth-order valence-corrected chi connectivity index (χ4v) is 2.82. The van der Waals surface area contributed by atoms with Crippen LogP contribution in [0.2, 0.25) is 0 Å². The third-order valence-corrected chi connectivity index (χ3v) is 4.15. The summed E-state index contributed by atoms with van der Waals surface area (Å²) < 4.78 is 0. The molecular weight excluding hydrogens is 324 g/mol. The molecule has 128 valence electrons. The van der Waals surface area contributed by atoms with Gasteiger partial charge in [-0.2, -0.15) is 0 Å². The normalized spacial score (nSPS) is 11.0. The number of aromatic carboxylic acids is 1. The van der Waals surface area contributed by atoms with Gasteiger partial charge in [-0.3, -0.25) is 4.79 Å². The lowest BCUT2D eigenvalue weighted by Gasteiger charge is -2.15. The second-order valence-electron chi connectivity index (χ2n) is 5.92. The van der Waals surface area contributed by atoms with Gasteiger partial charge in [0.05, 0.1) is 11.5 Å².